The zero-order chi connectivity index (χ0) is 17.7. The summed E-state index contributed by atoms with van der Waals surface area (Å²) in [7, 11) is 1.13. The van der Waals surface area contributed by atoms with Crippen LogP contribution in [0.3, 0.4) is 0 Å². The third-order valence-electron chi connectivity index (χ3n) is 3.60. The first-order valence-corrected chi connectivity index (χ1v) is 8.86. The summed E-state index contributed by atoms with van der Waals surface area (Å²) in [6.45, 7) is 1.17. The summed E-state index contributed by atoms with van der Waals surface area (Å²) in [6.07, 6.45) is 0. The number of sulfonamides is 1. The number of nitrogens with zero attached hydrogens (tertiary/aromatic N) is 1. The second-order valence-electron chi connectivity index (χ2n) is 5.54. The van der Waals surface area contributed by atoms with Crippen LogP contribution < -0.4 is 10.1 Å². The van der Waals surface area contributed by atoms with Crippen molar-refractivity contribution in [3.05, 3.63) is 53.6 Å². The molecule has 2 N–H and O–H groups in total. The highest BCUT2D eigenvalue weighted by atomic mass is 32.2. The van der Waals surface area contributed by atoms with Gasteiger partial charge in [0.15, 0.2) is 11.5 Å². The van der Waals surface area contributed by atoms with Gasteiger partial charge in [0.25, 0.3) is 0 Å². The molecule has 0 amide bonds. The molecule has 0 fully saturated rings. The van der Waals surface area contributed by atoms with E-state index in [1.807, 2.05) is 6.07 Å². The molecule has 2 rings (SSSR count). The second kappa shape index (κ2) is 7.65. The predicted molar refractivity (Wildman–Crippen MR) is 92.5 cm³/mol. The van der Waals surface area contributed by atoms with Gasteiger partial charge in [-0.25, -0.2) is 12.7 Å². The van der Waals surface area contributed by atoms with Gasteiger partial charge in [0.2, 0.25) is 10.0 Å². The summed E-state index contributed by atoms with van der Waals surface area (Å²) in [5, 5.41) is 13.0. The smallest absolute Gasteiger partial charge is 0.242 e. The summed E-state index contributed by atoms with van der Waals surface area (Å²) in [4.78, 5) is 0.274. The van der Waals surface area contributed by atoms with Crippen LogP contribution in [-0.2, 0) is 23.1 Å². The molecule has 0 aliphatic heterocycles. The highest BCUT2D eigenvalue weighted by molar-refractivity contribution is 7.89. The number of benzene rings is 2. The van der Waals surface area contributed by atoms with E-state index < -0.39 is 10.0 Å². The molecule has 0 saturated carbocycles. The van der Waals surface area contributed by atoms with Gasteiger partial charge in [0.05, 0.1) is 12.0 Å². The summed E-state index contributed by atoms with van der Waals surface area (Å²) in [5.41, 5.74) is 1.91. The van der Waals surface area contributed by atoms with Crippen molar-refractivity contribution < 1.29 is 18.3 Å². The first-order chi connectivity index (χ1) is 11.3. The molecule has 0 radical (unpaired) electrons. The van der Waals surface area contributed by atoms with Crippen LogP contribution in [0.15, 0.2) is 47.4 Å². The molecule has 0 aliphatic carbocycles. The number of hydrogen-bond acceptors (Lipinski definition) is 5. The van der Waals surface area contributed by atoms with Crippen molar-refractivity contribution in [2.45, 2.75) is 18.0 Å². The lowest BCUT2D eigenvalue weighted by molar-refractivity contribution is 0.373. The summed E-state index contributed by atoms with van der Waals surface area (Å²) in [6, 6.07) is 12.0. The van der Waals surface area contributed by atoms with Crippen molar-refractivity contribution >= 4 is 10.0 Å². The lowest BCUT2D eigenvalue weighted by atomic mass is 10.2. The molecule has 6 nitrogen and oxygen atoms in total. The second-order valence-corrected chi connectivity index (χ2v) is 7.69. The number of aromatic hydroxyl groups is 1. The van der Waals surface area contributed by atoms with Gasteiger partial charge in [-0.3, -0.25) is 0 Å². The zero-order valence-electron chi connectivity index (χ0n) is 14.0. The number of phenols is 1. The highest BCUT2D eigenvalue weighted by Gasteiger charge is 2.16. The minimum Gasteiger partial charge on any atom is -0.504 e. The number of hydrogen-bond donors (Lipinski definition) is 2. The highest BCUT2D eigenvalue weighted by Crippen LogP contribution is 2.26. The van der Waals surface area contributed by atoms with Gasteiger partial charge < -0.3 is 15.2 Å². The molecule has 2 aromatic rings. The Balaban J connectivity index is 1.95. The van der Waals surface area contributed by atoms with Crippen LogP contribution in [0.25, 0.3) is 0 Å². The van der Waals surface area contributed by atoms with Crippen molar-refractivity contribution in [2.24, 2.45) is 0 Å². The van der Waals surface area contributed by atoms with Crippen LogP contribution >= 0.6 is 0 Å². The minimum atomic E-state index is -3.40. The molecule has 0 heterocycles. The normalized spacial score (nSPS) is 11.7. The molecular weight excluding hydrogens is 328 g/mol. The first-order valence-electron chi connectivity index (χ1n) is 7.42. The average molecular weight is 350 g/mol. The van der Waals surface area contributed by atoms with Gasteiger partial charge in [0.1, 0.15) is 0 Å². The van der Waals surface area contributed by atoms with Crippen LogP contribution in [0.2, 0.25) is 0 Å². The Hall–Kier alpha value is -2.09. The van der Waals surface area contributed by atoms with E-state index >= 15 is 0 Å². The van der Waals surface area contributed by atoms with E-state index in [-0.39, 0.29) is 10.6 Å². The number of nitrogens with one attached hydrogen (secondary N) is 1. The summed E-state index contributed by atoms with van der Waals surface area (Å²) in [5.74, 6) is 0.548. The molecule has 0 atom stereocenters. The van der Waals surface area contributed by atoms with Crippen LogP contribution in [-0.4, -0.2) is 39.0 Å². The Kier molecular flexibility index (Phi) is 5.82. The third kappa shape index (κ3) is 4.25. The number of rotatable bonds is 7. The van der Waals surface area contributed by atoms with Crippen molar-refractivity contribution in [3.8, 4) is 11.5 Å². The molecular formula is C17H22N2O4S. The number of ether oxygens (including phenoxy) is 1. The third-order valence-corrected chi connectivity index (χ3v) is 5.43. The standard InChI is InChI=1S/C17H22N2O4S/c1-19(2)24(21,22)15-7-4-13(5-8-15)11-18-12-14-6-9-17(23-3)16(20)10-14/h4-10,18,20H,11-12H2,1-3H3. The van der Waals surface area contributed by atoms with Crippen LogP contribution in [0.1, 0.15) is 11.1 Å². The van der Waals surface area contributed by atoms with Gasteiger partial charge in [-0.2, -0.15) is 0 Å². The SMILES string of the molecule is COc1ccc(CNCc2ccc(S(=O)(=O)N(C)C)cc2)cc1O. The fourth-order valence-electron chi connectivity index (χ4n) is 2.19. The van der Waals surface area contributed by atoms with Gasteiger partial charge in [-0.15, -0.1) is 0 Å². The van der Waals surface area contributed by atoms with Crippen molar-refractivity contribution in [2.75, 3.05) is 21.2 Å². The Morgan fingerprint density at radius 1 is 1.04 bits per heavy atom. The van der Waals surface area contributed by atoms with E-state index in [1.54, 1.807) is 36.4 Å². The molecule has 0 saturated heterocycles. The van der Waals surface area contributed by atoms with Gasteiger partial charge in [0, 0.05) is 27.2 Å². The van der Waals surface area contributed by atoms with Crippen molar-refractivity contribution in [1.29, 1.82) is 0 Å². The van der Waals surface area contributed by atoms with E-state index in [9.17, 15) is 13.5 Å². The molecule has 0 unspecified atom stereocenters. The van der Waals surface area contributed by atoms with E-state index in [4.69, 9.17) is 4.74 Å². The Labute approximate surface area is 142 Å². The van der Waals surface area contributed by atoms with Crippen LogP contribution in [0.5, 0.6) is 11.5 Å². The van der Waals surface area contributed by atoms with Gasteiger partial charge in [-0.1, -0.05) is 18.2 Å². The maximum atomic E-state index is 12.0. The Morgan fingerprint density at radius 2 is 1.62 bits per heavy atom. The van der Waals surface area contributed by atoms with E-state index in [2.05, 4.69) is 5.32 Å². The Bertz CT molecular complexity index is 787. The Morgan fingerprint density at radius 3 is 2.17 bits per heavy atom. The molecule has 0 aliphatic rings. The number of methoxy groups -OCH3 is 1. The van der Waals surface area contributed by atoms with Crippen molar-refractivity contribution in [1.82, 2.24) is 9.62 Å². The maximum absolute atomic E-state index is 12.0. The molecule has 2 aromatic carbocycles. The van der Waals surface area contributed by atoms with Crippen LogP contribution in [0, 0.1) is 0 Å². The molecule has 0 bridgehead atoms. The fourth-order valence-corrected chi connectivity index (χ4v) is 3.09. The van der Waals surface area contributed by atoms with Crippen LogP contribution in [0.4, 0.5) is 0 Å². The van der Waals surface area contributed by atoms with E-state index in [0.717, 1.165) is 11.1 Å². The van der Waals surface area contributed by atoms with E-state index in [0.29, 0.717) is 18.8 Å². The number of phenolic OH excluding ortho intramolecular Hbond substituents is 1. The predicted octanol–water partition coefficient (Wildman–Crippen LogP) is 1.94. The maximum Gasteiger partial charge on any atom is 0.242 e. The molecule has 7 heteroatoms. The van der Waals surface area contributed by atoms with Crippen molar-refractivity contribution in [3.63, 3.8) is 0 Å². The largest absolute Gasteiger partial charge is 0.504 e. The molecule has 24 heavy (non-hydrogen) atoms. The fraction of sp³-hybridized carbons (Fsp3) is 0.294. The van der Waals surface area contributed by atoms with E-state index in [1.165, 1.54) is 25.5 Å². The molecule has 130 valence electrons. The minimum absolute atomic E-state index is 0.107. The topological polar surface area (TPSA) is 78.9 Å². The van der Waals surface area contributed by atoms with Gasteiger partial charge >= 0.3 is 0 Å². The molecule has 0 aromatic heterocycles. The zero-order valence-corrected chi connectivity index (χ0v) is 14.8. The summed E-state index contributed by atoms with van der Waals surface area (Å²) >= 11 is 0. The first kappa shape index (κ1) is 18.3. The summed E-state index contributed by atoms with van der Waals surface area (Å²) < 4.78 is 30.2. The van der Waals surface area contributed by atoms with Gasteiger partial charge in [-0.05, 0) is 35.4 Å². The lowest BCUT2D eigenvalue weighted by Gasteiger charge is -2.12. The average Bonchev–Trinajstić information content (AvgIpc) is 2.55. The lowest BCUT2D eigenvalue weighted by Crippen LogP contribution is -2.22. The quantitative estimate of drug-likeness (QED) is 0.798. The molecule has 0 spiro atoms. The monoisotopic (exact) mass is 350 g/mol.